The lowest BCUT2D eigenvalue weighted by Gasteiger charge is -2.32. The molecule has 2 heterocycles. The van der Waals surface area contributed by atoms with Crippen molar-refractivity contribution in [1.29, 1.82) is 0 Å². The molecular formula is C20H26F2N2O2. The number of carbonyl (C=O) groups excluding carboxylic acids is 2. The maximum absolute atomic E-state index is 13.8. The molecule has 0 aromatic heterocycles. The predicted molar refractivity (Wildman–Crippen MR) is 94.8 cm³/mol. The molecule has 0 saturated carbocycles. The molecule has 0 radical (unpaired) electrons. The van der Waals surface area contributed by atoms with Gasteiger partial charge in [-0.25, -0.2) is 8.78 Å². The number of ketones is 1. The van der Waals surface area contributed by atoms with Crippen LogP contribution in [0.5, 0.6) is 0 Å². The number of halogens is 2. The van der Waals surface area contributed by atoms with Gasteiger partial charge in [0.25, 0.3) is 0 Å². The topological polar surface area (TPSA) is 49.4 Å². The summed E-state index contributed by atoms with van der Waals surface area (Å²) in [6, 6.07) is 2.96. The molecule has 0 spiro atoms. The highest BCUT2D eigenvalue weighted by Crippen LogP contribution is 2.25. The summed E-state index contributed by atoms with van der Waals surface area (Å²) < 4.78 is 27.1. The van der Waals surface area contributed by atoms with Crippen LogP contribution in [-0.2, 0) is 4.79 Å². The third kappa shape index (κ3) is 4.67. The summed E-state index contributed by atoms with van der Waals surface area (Å²) in [5.74, 6) is -1.23. The Hall–Kier alpha value is -1.82. The fourth-order valence-corrected chi connectivity index (χ4v) is 3.95. The summed E-state index contributed by atoms with van der Waals surface area (Å²) in [7, 11) is 0. The standard InChI is InChI=1S/C20H26F2N2O2/c21-16-2-3-18(22)17(13-16)20(26)15-7-11-24(12-8-15)19(25)4-1-14-5-9-23-10-6-14/h2-3,13-15,23H,1,4-12H2. The van der Waals surface area contributed by atoms with E-state index in [0.29, 0.717) is 38.3 Å². The molecule has 2 fully saturated rings. The van der Waals surface area contributed by atoms with E-state index in [4.69, 9.17) is 0 Å². The first-order valence-corrected chi connectivity index (χ1v) is 9.52. The highest BCUT2D eigenvalue weighted by atomic mass is 19.1. The van der Waals surface area contributed by atoms with Gasteiger partial charge in [0.15, 0.2) is 5.78 Å². The Bertz CT molecular complexity index is 651. The summed E-state index contributed by atoms with van der Waals surface area (Å²) in [5, 5.41) is 3.32. The van der Waals surface area contributed by atoms with Crippen molar-refractivity contribution in [2.75, 3.05) is 26.2 Å². The number of carbonyl (C=O) groups is 2. The number of hydrogen-bond acceptors (Lipinski definition) is 3. The summed E-state index contributed by atoms with van der Waals surface area (Å²) in [5.41, 5.74) is -0.180. The van der Waals surface area contributed by atoms with E-state index in [1.54, 1.807) is 0 Å². The molecule has 0 unspecified atom stereocenters. The lowest BCUT2D eigenvalue weighted by Crippen LogP contribution is -2.40. The minimum atomic E-state index is -0.683. The first kappa shape index (κ1) is 19.0. The Kier molecular flexibility index (Phi) is 6.35. The van der Waals surface area contributed by atoms with Crippen LogP contribution in [0.4, 0.5) is 8.78 Å². The molecule has 1 aromatic carbocycles. The van der Waals surface area contributed by atoms with E-state index in [2.05, 4.69) is 5.32 Å². The van der Waals surface area contributed by atoms with Gasteiger partial charge >= 0.3 is 0 Å². The molecule has 0 atom stereocenters. The molecule has 26 heavy (non-hydrogen) atoms. The fourth-order valence-electron chi connectivity index (χ4n) is 3.95. The van der Waals surface area contributed by atoms with Gasteiger partial charge in [-0.05, 0) is 69.3 Å². The van der Waals surface area contributed by atoms with Crippen LogP contribution in [0.15, 0.2) is 18.2 Å². The Morgan fingerprint density at radius 3 is 2.46 bits per heavy atom. The number of piperidine rings is 2. The molecular weight excluding hydrogens is 338 g/mol. The van der Waals surface area contributed by atoms with Crippen LogP contribution < -0.4 is 5.32 Å². The normalized spacial score (nSPS) is 19.5. The van der Waals surface area contributed by atoms with Gasteiger partial charge in [-0.1, -0.05) is 0 Å². The second-order valence-corrected chi connectivity index (χ2v) is 7.38. The molecule has 2 saturated heterocycles. The van der Waals surface area contributed by atoms with Gasteiger partial charge in [-0.15, -0.1) is 0 Å². The Morgan fingerprint density at radius 1 is 1.08 bits per heavy atom. The largest absolute Gasteiger partial charge is 0.343 e. The number of hydrogen-bond donors (Lipinski definition) is 1. The van der Waals surface area contributed by atoms with E-state index in [0.717, 1.165) is 50.6 Å². The lowest BCUT2D eigenvalue weighted by atomic mass is 9.88. The van der Waals surface area contributed by atoms with Crippen molar-refractivity contribution in [3.8, 4) is 0 Å². The third-order valence-corrected chi connectivity index (χ3v) is 5.64. The van der Waals surface area contributed by atoms with Crippen molar-refractivity contribution in [1.82, 2.24) is 10.2 Å². The van der Waals surface area contributed by atoms with E-state index < -0.39 is 11.6 Å². The van der Waals surface area contributed by atoms with Gasteiger partial charge in [0, 0.05) is 25.4 Å². The minimum Gasteiger partial charge on any atom is -0.343 e. The molecule has 4 nitrogen and oxygen atoms in total. The number of amides is 1. The molecule has 1 amide bonds. The smallest absolute Gasteiger partial charge is 0.222 e. The van der Waals surface area contributed by atoms with E-state index >= 15 is 0 Å². The summed E-state index contributed by atoms with van der Waals surface area (Å²) in [4.78, 5) is 26.7. The SMILES string of the molecule is O=C(c1cc(F)ccc1F)C1CCN(C(=O)CCC2CCNCC2)CC1. The molecule has 6 heteroatoms. The predicted octanol–water partition coefficient (Wildman–Crippen LogP) is 3.17. The molecule has 0 aliphatic carbocycles. The Labute approximate surface area is 152 Å². The number of benzene rings is 1. The van der Waals surface area contributed by atoms with Crippen molar-refractivity contribution < 1.29 is 18.4 Å². The van der Waals surface area contributed by atoms with E-state index in [1.165, 1.54) is 0 Å². The van der Waals surface area contributed by atoms with Crippen LogP contribution in [0.3, 0.4) is 0 Å². The third-order valence-electron chi connectivity index (χ3n) is 5.64. The van der Waals surface area contributed by atoms with Crippen molar-refractivity contribution >= 4 is 11.7 Å². The average Bonchev–Trinajstić information content (AvgIpc) is 2.68. The van der Waals surface area contributed by atoms with Crippen molar-refractivity contribution in [3.05, 3.63) is 35.4 Å². The van der Waals surface area contributed by atoms with Gasteiger partial charge in [-0.3, -0.25) is 9.59 Å². The summed E-state index contributed by atoms with van der Waals surface area (Å²) >= 11 is 0. The van der Waals surface area contributed by atoms with Crippen molar-refractivity contribution in [3.63, 3.8) is 0 Å². The summed E-state index contributed by atoms with van der Waals surface area (Å²) in [6.07, 6.45) is 4.75. The molecule has 2 aliphatic rings. The lowest BCUT2D eigenvalue weighted by molar-refractivity contribution is -0.132. The van der Waals surface area contributed by atoms with Crippen LogP contribution in [0.25, 0.3) is 0 Å². The zero-order chi connectivity index (χ0) is 18.5. The van der Waals surface area contributed by atoms with Crippen LogP contribution in [0, 0.1) is 23.5 Å². The van der Waals surface area contributed by atoms with Crippen molar-refractivity contribution in [2.45, 2.75) is 38.5 Å². The second kappa shape index (κ2) is 8.71. The van der Waals surface area contributed by atoms with Crippen LogP contribution >= 0.6 is 0 Å². The van der Waals surface area contributed by atoms with Gasteiger partial charge in [0.2, 0.25) is 5.91 Å². The quantitative estimate of drug-likeness (QED) is 0.817. The van der Waals surface area contributed by atoms with Crippen molar-refractivity contribution in [2.24, 2.45) is 11.8 Å². The van der Waals surface area contributed by atoms with Crippen LogP contribution in [-0.4, -0.2) is 42.8 Å². The number of rotatable bonds is 5. The first-order chi connectivity index (χ1) is 12.5. The molecule has 0 bridgehead atoms. The average molecular weight is 364 g/mol. The first-order valence-electron chi connectivity index (χ1n) is 9.52. The minimum absolute atomic E-state index is 0.145. The summed E-state index contributed by atoms with van der Waals surface area (Å²) in [6.45, 7) is 3.09. The van der Waals surface area contributed by atoms with Crippen LogP contribution in [0.1, 0.15) is 48.9 Å². The van der Waals surface area contributed by atoms with E-state index in [1.807, 2.05) is 4.90 Å². The monoisotopic (exact) mass is 364 g/mol. The molecule has 1 aromatic rings. The van der Waals surface area contributed by atoms with Gasteiger partial charge in [0.1, 0.15) is 11.6 Å². The molecule has 2 aliphatic heterocycles. The molecule has 142 valence electrons. The zero-order valence-corrected chi connectivity index (χ0v) is 15.0. The maximum Gasteiger partial charge on any atom is 0.222 e. The van der Waals surface area contributed by atoms with Gasteiger partial charge in [-0.2, -0.15) is 0 Å². The number of likely N-dealkylation sites (tertiary alicyclic amines) is 1. The number of nitrogens with one attached hydrogen (secondary N) is 1. The Morgan fingerprint density at radius 2 is 1.77 bits per heavy atom. The Balaban J connectivity index is 1.48. The number of nitrogens with zero attached hydrogens (tertiary/aromatic N) is 1. The highest BCUT2D eigenvalue weighted by Gasteiger charge is 2.29. The van der Waals surface area contributed by atoms with Crippen LogP contribution in [0.2, 0.25) is 0 Å². The van der Waals surface area contributed by atoms with E-state index in [9.17, 15) is 18.4 Å². The fraction of sp³-hybridized carbons (Fsp3) is 0.600. The van der Waals surface area contributed by atoms with Gasteiger partial charge in [0.05, 0.1) is 5.56 Å². The second-order valence-electron chi connectivity index (χ2n) is 7.38. The maximum atomic E-state index is 13.8. The molecule has 3 rings (SSSR count). The zero-order valence-electron chi connectivity index (χ0n) is 15.0. The molecule has 1 N–H and O–H groups in total. The number of Topliss-reactive ketones (excluding diaryl/α,β-unsaturated/α-hetero) is 1. The van der Waals surface area contributed by atoms with Gasteiger partial charge < -0.3 is 10.2 Å². The highest BCUT2D eigenvalue weighted by molar-refractivity contribution is 5.98. The van der Waals surface area contributed by atoms with E-state index in [-0.39, 0.29) is 23.2 Å².